The van der Waals surface area contributed by atoms with Crippen LogP contribution in [0.1, 0.15) is 57.4 Å². The van der Waals surface area contributed by atoms with E-state index in [-0.39, 0.29) is 23.7 Å². The van der Waals surface area contributed by atoms with E-state index >= 15 is 0 Å². The minimum Gasteiger partial charge on any atom is -0.452 e. The van der Waals surface area contributed by atoms with Crippen molar-refractivity contribution in [3.63, 3.8) is 0 Å². The molecule has 0 spiro atoms. The lowest BCUT2D eigenvalue weighted by molar-refractivity contribution is -0.160. The summed E-state index contributed by atoms with van der Waals surface area (Å²) in [5, 5.41) is 2.93. The third-order valence-electron chi connectivity index (χ3n) is 6.31. The van der Waals surface area contributed by atoms with E-state index in [2.05, 4.69) is 5.32 Å². The van der Waals surface area contributed by atoms with Gasteiger partial charge in [0.25, 0.3) is 5.91 Å². The third-order valence-corrected chi connectivity index (χ3v) is 6.31. The number of benzene rings is 1. The van der Waals surface area contributed by atoms with Crippen molar-refractivity contribution in [1.29, 1.82) is 0 Å². The zero-order valence-electron chi connectivity index (χ0n) is 18.4. The molecular weight excluding hydrogens is 392 g/mol. The molecule has 0 bridgehead atoms. The molecule has 1 aliphatic heterocycles. The number of esters is 1. The fraction of sp³-hybridized carbons (Fsp3) is 0.560. The average Bonchev–Trinajstić information content (AvgIpc) is 2.82. The SMILES string of the molecule is CC(OC(=O)C1CCN(C(=O)/C=C/c2ccccc2)CC1)C(=O)NCC1CCCCC1. The number of ether oxygens (including phenoxy) is 1. The molecule has 2 aliphatic rings. The summed E-state index contributed by atoms with van der Waals surface area (Å²) in [6.45, 7) is 3.32. The third kappa shape index (κ3) is 7.23. The number of nitrogens with one attached hydrogen (secondary N) is 1. The molecule has 1 atom stereocenters. The Bertz CT molecular complexity index is 763. The molecule has 0 radical (unpaired) electrons. The first-order chi connectivity index (χ1) is 15.0. The maximum absolute atomic E-state index is 12.5. The molecule has 31 heavy (non-hydrogen) atoms. The van der Waals surface area contributed by atoms with Crippen LogP contribution in [-0.4, -0.2) is 48.4 Å². The molecule has 1 heterocycles. The van der Waals surface area contributed by atoms with Gasteiger partial charge >= 0.3 is 5.97 Å². The van der Waals surface area contributed by atoms with Crippen molar-refractivity contribution in [2.45, 2.75) is 58.0 Å². The smallest absolute Gasteiger partial charge is 0.309 e. The highest BCUT2D eigenvalue weighted by atomic mass is 16.5. The molecule has 1 aromatic carbocycles. The molecule has 1 aliphatic carbocycles. The number of nitrogens with zero attached hydrogens (tertiary/aromatic N) is 1. The van der Waals surface area contributed by atoms with Crippen LogP contribution in [0.25, 0.3) is 6.08 Å². The van der Waals surface area contributed by atoms with E-state index in [9.17, 15) is 14.4 Å². The highest BCUT2D eigenvalue weighted by Gasteiger charge is 2.30. The van der Waals surface area contributed by atoms with Crippen LogP contribution in [0, 0.1) is 11.8 Å². The van der Waals surface area contributed by atoms with Gasteiger partial charge in [0.05, 0.1) is 5.92 Å². The molecule has 3 rings (SSSR count). The number of hydrogen-bond donors (Lipinski definition) is 1. The Kier molecular flexibility index (Phi) is 8.68. The van der Waals surface area contributed by atoms with E-state index in [1.165, 1.54) is 19.3 Å². The quantitative estimate of drug-likeness (QED) is 0.534. The maximum Gasteiger partial charge on any atom is 0.309 e. The van der Waals surface area contributed by atoms with E-state index < -0.39 is 6.10 Å². The molecule has 6 heteroatoms. The van der Waals surface area contributed by atoms with Crippen molar-refractivity contribution in [2.24, 2.45) is 11.8 Å². The van der Waals surface area contributed by atoms with Gasteiger partial charge in [-0.2, -0.15) is 0 Å². The zero-order chi connectivity index (χ0) is 22.1. The Morgan fingerprint density at radius 1 is 1.06 bits per heavy atom. The van der Waals surface area contributed by atoms with Crippen LogP contribution in [0.5, 0.6) is 0 Å². The minimum atomic E-state index is -0.787. The van der Waals surface area contributed by atoms with E-state index in [0.717, 1.165) is 18.4 Å². The fourth-order valence-electron chi connectivity index (χ4n) is 4.28. The van der Waals surface area contributed by atoms with Gasteiger partial charge < -0.3 is 15.0 Å². The first kappa shape index (κ1) is 23.0. The number of carbonyl (C=O) groups excluding carboxylic acids is 3. The number of carbonyl (C=O) groups is 3. The van der Waals surface area contributed by atoms with Crippen LogP contribution >= 0.6 is 0 Å². The normalized spacial score (nSPS) is 19.2. The maximum atomic E-state index is 12.5. The topological polar surface area (TPSA) is 75.7 Å². The predicted octanol–water partition coefficient (Wildman–Crippen LogP) is 3.57. The van der Waals surface area contributed by atoms with Gasteiger partial charge in [-0.3, -0.25) is 14.4 Å². The Hall–Kier alpha value is -2.63. The molecule has 2 fully saturated rings. The summed E-state index contributed by atoms with van der Waals surface area (Å²) in [4.78, 5) is 38.9. The molecule has 2 amide bonds. The number of likely N-dealkylation sites (tertiary alicyclic amines) is 1. The van der Waals surface area contributed by atoms with Crippen molar-refractivity contribution in [3.05, 3.63) is 42.0 Å². The Morgan fingerprint density at radius 2 is 1.74 bits per heavy atom. The van der Waals surface area contributed by atoms with Crippen LogP contribution < -0.4 is 5.32 Å². The molecule has 1 unspecified atom stereocenters. The highest BCUT2D eigenvalue weighted by Crippen LogP contribution is 2.23. The predicted molar refractivity (Wildman–Crippen MR) is 120 cm³/mol. The summed E-state index contributed by atoms with van der Waals surface area (Å²) in [5.41, 5.74) is 0.977. The van der Waals surface area contributed by atoms with Crippen molar-refractivity contribution in [2.75, 3.05) is 19.6 Å². The van der Waals surface area contributed by atoms with Crippen LogP contribution in [0.4, 0.5) is 0 Å². The number of piperidine rings is 1. The Balaban J connectivity index is 1.37. The molecule has 6 nitrogen and oxygen atoms in total. The summed E-state index contributed by atoms with van der Waals surface area (Å²) < 4.78 is 5.42. The van der Waals surface area contributed by atoms with Gasteiger partial charge in [-0.25, -0.2) is 0 Å². The Labute approximate surface area is 185 Å². The second kappa shape index (κ2) is 11.7. The molecule has 1 saturated carbocycles. The fourth-order valence-corrected chi connectivity index (χ4v) is 4.28. The summed E-state index contributed by atoms with van der Waals surface area (Å²) in [6, 6.07) is 9.68. The number of amides is 2. The molecule has 168 valence electrons. The lowest BCUT2D eigenvalue weighted by Crippen LogP contribution is -2.42. The van der Waals surface area contributed by atoms with Gasteiger partial charge in [-0.05, 0) is 50.2 Å². The first-order valence-corrected chi connectivity index (χ1v) is 11.5. The number of hydrogen-bond acceptors (Lipinski definition) is 4. The molecule has 1 saturated heterocycles. The average molecular weight is 427 g/mol. The monoisotopic (exact) mass is 426 g/mol. The Morgan fingerprint density at radius 3 is 2.42 bits per heavy atom. The molecular formula is C25H34N2O4. The first-order valence-electron chi connectivity index (χ1n) is 11.5. The van der Waals surface area contributed by atoms with Gasteiger partial charge in [0.2, 0.25) is 5.91 Å². The van der Waals surface area contributed by atoms with Gasteiger partial charge in [0.15, 0.2) is 6.10 Å². The zero-order valence-corrected chi connectivity index (χ0v) is 18.4. The van der Waals surface area contributed by atoms with Crippen molar-refractivity contribution in [1.82, 2.24) is 10.2 Å². The van der Waals surface area contributed by atoms with Gasteiger partial charge in [-0.1, -0.05) is 49.6 Å². The largest absolute Gasteiger partial charge is 0.452 e. The van der Waals surface area contributed by atoms with Crippen molar-refractivity contribution < 1.29 is 19.1 Å². The van der Waals surface area contributed by atoms with E-state index in [1.54, 1.807) is 24.0 Å². The van der Waals surface area contributed by atoms with Gasteiger partial charge in [-0.15, -0.1) is 0 Å². The van der Waals surface area contributed by atoms with Gasteiger partial charge in [0.1, 0.15) is 0 Å². The van der Waals surface area contributed by atoms with E-state index in [1.807, 2.05) is 30.3 Å². The van der Waals surface area contributed by atoms with Crippen molar-refractivity contribution >= 4 is 23.9 Å². The van der Waals surface area contributed by atoms with Crippen LogP contribution in [0.15, 0.2) is 36.4 Å². The summed E-state index contributed by atoms with van der Waals surface area (Å²) >= 11 is 0. The van der Waals surface area contributed by atoms with Crippen LogP contribution in [0.2, 0.25) is 0 Å². The summed E-state index contributed by atoms with van der Waals surface area (Å²) in [5.74, 6) is -0.342. The van der Waals surface area contributed by atoms with Crippen molar-refractivity contribution in [3.8, 4) is 0 Å². The van der Waals surface area contributed by atoms with Gasteiger partial charge in [0, 0.05) is 25.7 Å². The molecule has 0 aromatic heterocycles. The second-order valence-electron chi connectivity index (χ2n) is 8.67. The summed E-state index contributed by atoms with van der Waals surface area (Å²) in [7, 11) is 0. The lowest BCUT2D eigenvalue weighted by Gasteiger charge is -2.30. The van der Waals surface area contributed by atoms with Crippen LogP contribution in [0.3, 0.4) is 0 Å². The van der Waals surface area contributed by atoms with E-state index in [4.69, 9.17) is 4.74 Å². The van der Waals surface area contributed by atoms with Crippen LogP contribution in [-0.2, 0) is 19.1 Å². The lowest BCUT2D eigenvalue weighted by atomic mass is 9.89. The second-order valence-corrected chi connectivity index (χ2v) is 8.67. The highest BCUT2D eigenvalue weighted by molar-refractivity contribution is 5.92. The molecule has 1 aromatic rings. The number of rotatable bonds is 7. The summed E-state index contributed by atoms with van der Waals surface area (Å²) in [6.07, 6.45) is 9.76. The standard InChI is InChI=1S/C25H34N2O4/c1-19(24(29)26-18-21-10-6-3-7-11-21)31-25(30)22-14-16-27(17-15-22)23(28)13-12-20-8-4-2-5-9-20/h2,4-5,8-9,12-13,19,21-22H,3,6-7,10-11,14-18H2,1H3,(H,26,29)/b13-12+. The molecule has 1 N–H and O–H groups in total. The minimum absolute atomic E-state index is 0.0499. The van der Waals surface area contributed by atoms with E-state index in [0.29, 0.717) is 38.4 Å².